The van der Waals surface area contributed by atoms with Gasteiger partial charge in [0, 0.05) is 31.0 Å². The molecular formula is C46H71N7O10. The fourth-order valence-electron chi connectivity index (χ4n) is 7.25. The second-order valence-corrected chi connectivity index (χ2v) is 16.3. The van der Waals surface area contributed by atoms with Crippen molar-refractivity contribution >= 4 is 53.0 Å². The lowest BCUT2D eigenvalue weighted by molar-refractivity contribution is -0.141. The molecule has 0 heterocycles. The van der Waals surface area contributed by atoms with E-state index in [1.807, 2.05) is 6.92 Å². The highest BCUT2D eigenvalue weighted by Gasteiger charge is 2.31. The van der Waals surface area contributed by atoms with Crippen LogP contribution in [0.2, 0.25) is 0 Å². The normalized spacial score (nSPS) is 14.7. The van der Waals surface area contributed by atoms with Crippen molar-refractivity contribution in [3.63, 3.8) is 0 Å². The number of rotatable bonds is 29. The van der Waals surface area contributed by atoms with Crippen molar-refractivity contribution in [2.24, 2.45) is 11.7 Å². The van der Waals surface area contributed by atoms with Gasteiger partial charge in [-0.2, -0.15) is 0 Å². The molecule has 0 saturated heterocycles. The molecule has 6 amide bonds. The van der Waals surface area contributed by atoms with Gasteiger partial charge in [-0.15, -0.1) is 0 Å². The van der Waals surface area contributed by atoms with Crippen LogP contribution in [0, 0.1) is 5.92 Å². The number of nitrogens with one attached hydrogen (secondary N) is 6. The van der Waals surface area contributed by atoms with Crippen LogP contribution in [-0.2, 0) is 43.2 Å². The molecule has 4 atom stereocenters. The molecule has 63 heavy (non-hydrogen) atoms. The van der Waals surface area contributed by atoms with Crippen LogP contribution in [0.25, 0.3) is 0 Å². The standard InChI is InChI=1S/C40H59N7O10.C6H12/c1-4-12-28(22-34(52)53)35(27-19-20-27)43-23-32(50)45-30(17-9-10-21-42-31(49)18-11-14-25(3)48)39(56)46-29(13-5-2)37(54)40(57)44-24-33(51)47-36(38(41)55)26-15-7-6-8-16-26;1-2-4-6-5-3-1/h6-8,15-16,28-30,36,43H,4-5,9-14,17-24H2,1-3H3,(H2,41,55)(H,42,49)(H,44,57)(H,45,50)(H,46,56)(H,47,51)(H,52,53);1-6H2. The zero-order valence-electron chi connectivity index (χ0n) is 37.5. The first-order valence-electron chi connectivity index (χ1n) is 22.7. The highest BCUT2D eigenvalue weighted by atomic mass is 16.4. The molecule has 2 saturated carbocycles. The highest BCUT2D eigenvalue weighted by Crippen LogP contribution is 2.36. The summed E-state index contributed by atoms with van der Waals surface area (Å²) in [7, 11) is 0. The van der Waals surface area contributed by atoms with Crippen LogP contribution in [0.5, 0.6) is 0 Å². The van der Waals surface area contributed by atoms with Gasteiger partial charge in [-0.3, -0.25) is 38.4 Å². The molecule has 1 aromatic rings. The number of hydrogen-bond donors (Lipinski definition) is 8. The summed E-state index contributed by atoms with van der Waals surface area (Å²) < 4.78 is 0. The second kappa shape index (κ2) is 30.4. The van der Waals surface area contributed by atoms with Crippen molar-refractivity contribution < 1.29 is 48.3 Å². The van der Waals surface area contributed by atoms with Crippen LogP contribution in [0.15, 0.2) is 41.6 Å². The molecule has 2 fully saturated rings. The Morgan fingerprint density at radius 3 is 1.83 bits per heavy atom. The Balaban J connectivity index is 0.00000208. The molecule has 0 aliphatic heterocycles. The number of carbonyl (C=O) groups excluding carboxylic acids is 8. The van der Waals surface area contributed by atoms with Crippen LogP contribution in [0.4, 0.5) is 0 Å². The maximum absolute atomic E-state index is 13.7. The van der Waals surface area contributed by atoms with Gasteiger partial charge < -0.3 is 47.5 Å². The Morgan fingerprint density at radius 2 is 1.27 bits per heavy atom. The minimum absolute atomic E-state index is 0.00370. The van der Waals surface area contributed by atoms with Gasteiger partial charge in [0.2, 0.25) is 35.3 Å². The summed E-state index contributed by atoms with van der Waals surface area (Å²) in [5.74, 6) is -6.51. The first kappa shape index (κ1) is 53.5. The number of carbonyl (C=O) groups is 9. The van der Waals surface area contributed by atoms with E-state index in [9.17, 15) is 48.3 Å². The molecule has 4 unspecified atom stereocenters. The zero-order valence-corrected chi connectivity index (χ0v) is 37.5. The third-order valence-corrected chi connectivity index (χ3v) is 10.7. The van der Waals surface area contributed by atoms with Crippen molar-refractivity contribution in [2.45, 2.75) is 161 Å². The SMILES string of the molecule is C1CCCCC1.CCCC(CC(=O)O)C(NCC(=O)NC(CCCCNC(=O)CCCC(C)=O)C(=O)NC(CCC)C(=O)C(=O)NCC(=O)NC(C(N)=O)c1ccccc1)=C1CC1. The fraction of sp³-hybridized carbons (Fsp3) is 0.630. The summed E-state index contributed by atoms with van der Waals surface area (Å²) in [6, 6.07) is 4.61. The number of nitrogens with two attached hydrogens (primary N) is 1. The molecule has 0 bridgehead atoms. The number of aliphatic carboxylic acids is 1. The third-order valence-electron chi connectivity index (χ3n) is 10.7. The van der Waals surface area contributed by atoms with Crippen molar-refractivity contribution in [1.82, 2.24) is 31.9 Å². The quantitative estimate of drug-likeness (QED) is 0.0425. The molecule has 9 N–H and O–H groups in total. The number of carboxylic acid groups (broad SMARTS) is 1. The van der Waals surface area contributed by atoms with E-state index in [1.54, 1.807) is 37.3 Å². The number of Topliss-reactive ketones (excluding diaryl/α,β-unsaturated/α-hetero) is 2. The predicted octanol–water partition coefficient (Wildman–Crippen LogP) is 3.70. The Kier molecular flexibility index (Phi) is 25.9. The molecular weight excluding hydrogens is 811 g/mol. The van der Waals surface area contributed by atoms with Gasteiger partial charge >= 0.3 is 5.97 Å². The minimum atomic E-state index is -1.29. The van der Waals surface area contributed by atoms with E-state index in [1.165, 1.54) is 45.4 Å². The van der Waals surface area contributed by atoms with Crippen molar-refractivity contribution in [3.8, 4) is 0 Å². The number of amides is 6. The van der Waals surface area contributed by atoms with E-state index in [0.717, 1.165) is 30.5 Å². The Labute approximate surface area is 371 Å². The molecule has 17 heteroatoms. The van der Waals surface area contributed by atoms with Crippen LogP contribution in [0.3, 0.4) is 0 Å². The fourth-order valence-corrected chi connectivity index (χ4v) is 7.25. The first-order valence-corrected chi connectivity index (χ1v) is 22.7. The zero-order chi connectivity index (χ0) is 46.6. The first-order chi connectivity index (χ1) is 30.2. The van der Waals surface area contributed by atoms with E-state index in [4.69, 9.17) is 5.73 Å². The number of primary amides is 1. The molecule has 0 radical (unpaired) electrons. The maximum atomic E-state index is 13.7. The van der Waals surface area contributed by atoms with E-state index in [2.05, 4.69) is 31.9 Å². The highest BCUT2D eigenvalue weighted by molar-refractivity contribution is 6.38. The van der Waals surface area contributed by atoms with Gasteiger partial charge in [0.1, 0.15) is 17.9 Å². The van der Waals surface area contributed by atoms with E-state index in [-0.39, 0.29) is 56.4 Å². The predicted molar refractivity (Wildman–Crippen MR) is 237 cm³/mol. The Morgan fingerprint density at radius 1 is 0.667 bits per heavy atom. The number of allylic oxidation sites excluding steroid dienone is 2. The third kappa shape index (κ3) is 22.9. The van der Waals surface area contributed by atoms with Crippen molar-refractivity contribution in [3.05, 3.63) is 47.2 Å². The lowest BCUT2D eigenvalue weighted by atomic mass is 9.95. The monoisotopic (exact) mass is 882 g/mol. The summed E-state index contributed by atoms with van der Waals surface area (Å²) in [5, 5.41) is 25.3. The number of benzene rings is 1. The number of ketones is 2. The van der Waals surface area contributed by atoms with Gasteiger partial charge in [0.05, 0.1) is 25.6 Å². The average molecular weight is 882 g/mol. The van der Waals surface area contributed by atoms with Gasteiger partial charge in [-0.05, 0) is 63.9 Å². The topological polar surface area (TPSA) is 272 Å². The van der Waals surface area contributed by atoms with Gasteiger partial charge in [0.25, 0.3) is 5.91 Å². The average Bonchev–Trinajstić information content (AvgIpc) is 4.10. The molecule has 1 aromatic carbocycles. The molecule has 2 aliphatic rings. The van der Waals surface area contributed by atoms with E-state index < -0.39 is 66.0 Å². The van der Waals surface area contributed by atoms with Crippen molar-refractivity contribution in [2.75, 3.05) is 19.6 Å². The molecule has 0 aromatic heterocycles. The van der Waals surface area contributed by atoms with Crippen molar-refractivity contribution in [1.29, 1.82) is 0 Å². The summed E-state index contributed by atoms with van der Waals surface area (Å²) in [6.45, 7) is 4.55. The number of unbranched alkanes of at least 4 members (excludes halogenated alkanes) is 1. The van der Waals surface area contributed by atoms with E-state index >= 15 is 0 Å². The lowest BCUT2D eigenvalue weighted by Gasteiger charge is -2.24. The maximum Gasteiger partial charge on any atom is 0.304 e. The summed E-state index contributed by atoms with van der Waals surface area (Å²) >= 11 is 0. The van der Waals surface area contributed by atoms with Gasteiger partial charge in [-0.25, -0.2) is 0 Å². The van der Waals surface area contributed by atoms with Gasteiger partial charge in [0.15, 0.2) is 0 Å². The molecule has 2 aliphatic carbocycles. The number of carboxylic acids is 1. The van der Waals surface area contributed by atoms with Crippen LogP contribution in [0.1, 0.15) is 154 Å². The van der Waals surface area contributed by atoms with Crippen LogP contribution < -0.4 is 37.6 Å². The molecule has 0 spiro atoms. The van der Waals surface area contributed by atoms with Gasteiger partial charge in [-0.1, -0.05) is 101 Å². The van der Waals surface area contributed by atoms with E-state index in [0.29, 0.717) is 44.1 Å². The summed E-state index contributed by atoms with van der Waals surface area (Å²) in [5.41, 5.74) is 7.66. The summed E-state index contributed by atoms with van der Waals surface area (Å²) in [4.78, 5) is 113. The molecule has 350 valence electrons. The van der Waals surface area contributed by atoms with Crippen LogP contribution >= 0.6 is 0 Å². The molecule has 17 nitrogen and oxygen atoms in total. The lowest BCUT2D eigenvalue weighted by Crippen LogP contribution is -2.55. The largest absolute Gasteiger partial charge is 0.481 e. The Bertz CT molecular complexity index is 1700. The molecule has 3 rings (SSSR count). The van der Waals surface area contributed by atoms with Crippen LogP contribution in [-0.4, -0.2) is 89.8 Å². The summed E-state index contributed by atoms with van der Waals surface area (Å²) in [6.07, 6.45) is 14.2. The minimum Gasteiger partial charge on any atom is -0.481 e. The second-order valence-electron chi connectivity index (χ2n) is 16.3. The Hall–Kier alpha value is -5.61. The smallest absolute Gasteiger partial charge is 0.304 e. The number of hydrogen-bond acceptors (Lipinski definition) is 10.